The van der Waals surface area contributed by atoms with E-state index in [4.69, 9.17) is 146 Å². The van der Waals surface area contributed by atoms with E-state index in [2.05, 4.69) is 47.3 Å². The molecular weight excluding hydrogens is 1510 g/mol. The average Bonchev–Trinajstić information content (AvgIpc) is 1.64. The van der Waals surface area contributed by atoms with E-state index in [0.29, 0.717) is 89.1 Å². The molecule has 0 unspecified atom stereocenters. The number of hydrogen-bond acceptors (Lipinski definition) is 12. The molecule has 0 atom stereocenters. The first-order chi connectivity index (χ1) is 46.1. The number of imidazole rings is 2. The zero-order valence-electron chi connectivity index (χ0n) is 48.1. The van der Waals surface area contributed by atoms with Crippen LogP contribution in [0, 0.1) is 26.2 Å². The molecule has 550 valence electrons. The molecule has 3 N–H and O–H groups in total. The summed E-state index contributed by atoms with van der Waals surface area (Å²) in [7, 11) is 0. The number of aromatic nitrogens is 8. The maximum Gasteiger partial charge on any atom is 2.00 e. The molecule has 2 amide bonds. The molecule has 2 aromatic carbocycles. The number of anilines is 2. The second-order valence-electron chi connectivity index (χ2n) is 17.0. The van der Waals surface area contributed by atoms with Crippen molar-refractivity contribution >= 4 is 63.3 Å². The van der Waals surface area contributed by atoms with Gasteiger partial charge in [0.25, 0.3) is 11.8 Å². The average molecular weight is 1550 g/mol. The minimum absolute atomic E-state index is 0. The van der Waals surface area contributed by atoms with E-state index in [1.807, 2.05) is 92.8 Å². The molecule has 4 saturated carbocycles. The first-order valence-electron chi connectivity index (χ1n) is 23.6. The van der Waals surface area contributed by atoms with Gasteiger partial charge in [-0.2, -0.15) is 9.97 Å². The molecule has 16 nitrogen and oxygen atoms in total. The third-order valence-corrected chi connectivity index (χ3v) is 12.1. The van der Waals surface area contributed by atoms with Gasteiger partial charge in [-0.3, -0.25) is 27.9 Å². The van der Waals surface area contributed by atoms with Gasteiger partial charge in [0.15, 0.2) is 0 Å². The van der Waals surface area contributed by atoms with Crippen molar-refractivity contribution in [2.75, 3.05) is 10.6 Å². The fourth-order valence-electron chi connectivity index (χ4n) is 7.99. The number of amides is 2. The number of carbonyl (C=O) groups excluding carboxylic acids is 3. The maximum absolute atomic E-state index is 12.9. The molecule has 4 aliphatic carbocycles. The van der Waals surface area contributed by atoms with Gasteiger partial charge in [0.1, 0.15) is 28.5 Å². The topological polar surface area (TPSA) is 208 Å². The molecule has 0 saturated heterocycles. The Morgan fingerprint density at radius 3 is 1.14 bits per heavy atom. The number of carbonyl (C=O) groups is 3. The zero-order valence-corrected chi connectivity index (χ0v) is 51.1. The van der Waals surface area contributed by atoms with E-state index in [-0.39, 0.29) is 74.2 Å². The van der Waals surface area contributed by atoms with Crippen molar-refractivity contribution in [3.63, 3.8) is 0 Å². The standard InChI is InChI=1S/C24H23N5O3.C21H17N5O3.C3H5.BrH.15F2.FH.Mg/c1-14-5-6-15(21-27-23(32-28-21)16-11-24(31,12-16)17-7-8-17)10-18(14)26-22(30)19-13-25-20-4-2-3-9-29(19)20;1-12-5-6-13(19-24-21(29-25-19)14-8-15(27)9-14)10-16(12)23-20(28)17-11-22-18-4-2-3-7-26(17)18;1-2-3-1;;15*1-2;;/h2-6,9-10,13,16-17,31H,7-8,11-12H2,1H3,(H,26,30);2-7,10-11,14H,8-9H2,1H3,(H,23,28);1H,2-3H2;1H;;;;;;;;;;;;;;;;1H;/q;;-1;;;;;;;;;;;;;;;;;;+2/p-1. The Balaban J connectivity index is -0.000000156. The summed E-state index contributed by atoms with van der Waals surface area (Å²) in [6.07, 6.45) is 16.2. The number of nitrogens with one attached hydrogen (secondary N) is 2. The molecule has 6 aromatic heterocycles. The Hall–Kier alpha value is -8.25. The summed E-state index contributed by atoms with van der Waals surface area (Å²) in [4.78, 5) is 54.4. The smallest absolute Gasteiger partial charge is 1.00 e. The van der Waals surface area contributed by atoms with E-state index >= 15 is 0 Å². The van der Waals surface area contributed by atoms with Crippen molar-refractivity contribution in [3.8, 4) is 22.8 Å². The van der Waals surface area contributed by atoms with Crippen LogP contribution in [0.4, 0.5) is 153 Å². The number of rotatable bonds is 9. The van der Waals surface area contributed by atoms with Gasteiger partial charge in [0.2, 0.25) is 23.4 Å². The molecule has 8 aromatic rings. The molecular formula is C48H46BrF31MgN10O6. The van der Waals surface area contributed by atoms with Crippen LogP contribution in [-0.2, 0) is 4.79 Å². The summed E-state index contributed by atoms with van der Waals surface area (Å²) in [6, 6.07) is 22.4. The summed E-state index contributed by atoms with van der Waals surface area (Å²) in [6.45, 7) is 3.85. The number of ketones is 1. The third-order valence-electron chi connectivity index (χ3n) is 12.1. The van der Waals surface area contributed by atoms with Crippen LogP contribution in [0.3, 0.4) is 0 Å². The van der Waals surface area contributed by atoms with Gasteiger partial charge in [-0.1, -0.05) is 46.7 Å². The number of fused-ring (bicyclic) bond motifs is 2. The first-order valence-corrected chi connectivity index (χ1v) is 23.6. The van der Waals surface area contributed by atoms with Crippen LogP contribution < -0.4 is 27.6 Å². The predicted octanol–water partition coefficient (Wildman–Crippen LogP) is 17.7. The number of aliphatic hydroxyl groups is 1. The molecule has 49 heteroatoms. The van der Waals surface area contributed by atoms with E-state index in [1.165, 1.54) is 12.8 Å². The van der Waals surface area contributed by atoms with E-state index in [1.54, 1.807) is 27.4 Å². The van der Waals surface area contributed by atoms with Gasteiger partial charge < -0.3 is 48.2 Å². The number of pyridine rings is 2. The van der Waals surface area contributed by atoms with Crippen molar-refractivity contribution in [1.82, 2.24) is 39.1 Å². The molecule has 12 rings (SSSR count). The number of benzene rings is 2. The summed E-state index contributed by atoms with van der Waals surface area (Å²) < 4.78 is 254. The largest absolute Gasteiger partial charge is 2.00 e. The normalized spacial score (nSPS) is 13.4. The molecule has 0 aliphatic heterocycles. The minimum atomic E-state index is -0.543. The van der Waals surface area contributed by atoms with Crippen LogP contribution in [0.25, 0.3) is 34.1 Å². The molecule has 4 aliphatic rings. The Labute approximate surface area is 548 Å². The summed E-state index contributed by atoms with van der Waals surface area (Å²) >= 11 is 0. The van der Waals surface area contributed by atoms with Gasteiger partial charge in [-0.15, -0.1) is 0 Å². The number of aryl methyl sites for hydroxylation is 2. The maximum atomic E-state index is 12.9. The van der Waals surface area contributed by atoms with Gasteiger partial charge in [0.05, 0.1) is 23.9 Å². The van der Waals surface area contributed by atoms with Crippen molar-refractivity contribution in [2.45, 2.75) is 82.7 Å². The van der Waals surface area contributed by atoms with Gasteiger partial charge in [-0.05, 0) is 93.0 Å². The fourth-order valence-corrected chi connectivity index (χ4v) is 7.99. The van der Waals surface area contributed by atoms with E-state index in [0.717, 1.165) is 35.1 Å². The van der Waals surface area contributed by atoms with Crippen molar-refractivity contribution < 1.29 is 187 Å². The van der Waals surface area contributed by atoms with Crippen LogP contribution >= 0.6 is 0 Å². The first kappa shape index (κ1) is 107. The van der Waals surface area contributed by atoms with Gasteiger partial charge >= 0.3 is 23.1 Å². The van der Waals surface area contributed by atoms with Crippen LogP contribution in [0.5, 0.6) is 0 Å². The molecule has 0 spiro atoms. The van der Waals surface area contributed by atoms with Gasteiger partial charge in [-0.25, -0.2) is 22.8 Å². The summed E-state index contributed by atoms with van der Waals surface area (Å²) in [5, 5.41) is 24.7. The SMILES string of the molecule is Cc1ccc(-c2noc(C3CC(=O)C3)n2)cc1NC(=O)c1cnc2ccccn12.Cc1ccc(-c2noc(C3CC(O)(C4CC4)C3)n2)cc1NC(=O)c1cnc2ccccn12.F.FF.FF.FF.FF.FF.FF.FF.FF.FF.FF.FF.FF.FF.FF.FF.[Br-].[CH-]1CC1.[Mg+2]. The van der Waals surface area contributed by atoms with Crippen molar-refractivity contribution in [1.29, 1.82) is 0 Å². The molecule has 0 bridgehead atoms. The third kappa shape index (κ3) is 35.0. The molecule has 4 fully saturated rings. The Morgan fingerprint density at radius 1 is 0.526 bits per heavy atom. The second kappa shape index (κ2) is 67.7. The number of Topliss-reactive ketones (excluding diaryl/α,β-unsaturated/α-hetero) is 1. The monoisotopic (exact) mass is 1550 g/mol. The van der Waals surface area contributed by atoms with Crippen LogP contribution in [0.1, 0.15) is 107 Å². The molecule has 0 radical (unpaired) electrons. The summed E-state index contributed by atoms with van der Waals surface area (Å²) in [5.74, 6) is 2.25. The van der Waals surface area contributed by atoms with Crippen LogP contribution in [0.15, 0.2) is 107 Å². The Morgan fingerprint density at radius 2 is 0.845 bits per heavy atom. The van der Waals surface area contributed by atoms with E-state index in [9.17, 15) is 19.5 Å². The quantitative estimate of drug-likeness (QED) is 0.0701. The number of nitrogens with zero attached hydrogens (tertiary/aromatic N) is 8. The second-order valence-corrected chi connectivity index (χ2v) is 17.0. The van der Waals surface area contributed by atoms with E-state index < -0.39 is 5.60 Å². The van der Waals surface area contributed by atoms with Gasteiger partial charge in [0, 0.05) is 191 Å². The predicted molar refractivity (Wildman–Crippen MR) is 277 cm³/mol. The summed E-state index contributed by atoms with van der Waals surface area (Å²) in [5.41, 5.74) is 6.43. The van der Waals surface area contributed by atoms with Crippen LogP contribution in [0.2, 0.25) is 0 Å². The van der Waals surface area contributed by atoms with Crippen molar-refractivity contribution in [2.24, 2.45) is 5.92 Å². The number of hydrogen-bond donors (Lipinski definition) is 3. The zero-order chi connectivity index (χ0) is 74.0. The number of halogens is 32. The van der Waals surface area contributed by atoms with Crippen LogP contribution in [-0.4, -0.2) is 90.4 Å². The Kier molecular flexibility index (Phi) is 75.0. The minimum Gasteiger partial charge on any atom is -1.00 e. The van der Waals surface area contributed by atoms with Crippen molar-refractivity contribution in [3.05, 3.63) is 138 Å². The Bertz CT molecular complexity index is 3130. The molecule has 97 heavy (non-hydrogen) atoms. The molecule has 6 heterocycles. The fraction of sp³-hybridized carbons (Fsp3) is 0.292.